The second-order valence-electron chi connectivity index (χ2n) is 4.15. The molecule has 2 aromatic rings. The van der Waals surface area contributed by atoms with Crippen LogP contribution in [0.4, 0.5) is 0 Å². The second kappa shape index (κ2) is 6.49. The van der Waals surface area contributed by atoms with Crippen LogP contribution in [0.1, 0.15) is 11.4 Å². The first kappa shape index (κ1) is 15.2. The van der Waals surface area contributed by atoms with Gasteiger partial charge in [0.05, 0.1) is 6.54 Å². The highest BCUT2D eigenvalue weighted by molar-refractivity contribution is 7.89. The van der Waals surface area contributed by atoms with E-state index in [4.69, 9.17) is 5.11 Å². The number of rotatable bonds is 4. The van der Waals surface area contributed by atoms with Crippen molar-refractivity contribution in [3.8, 4) is 11.8 Å². The minimum Gasteiger partial charge on any atom is -0.384 e. The Kier molecular flexibility index (Phi) is 4.70. The number of pyridine rings is 1. The highest BCUT2D eigenvalue weighted by Gasteiger charge is 2.15. The maximum absolute atomic E-state index is 12.2. The van der Waals surface area contributed by atoms with Crippen LogP contribution < -0.4 is 4.72 Å². The van der Waals surface area contributed by atoms with Gasteiger partial charge in [0, 0.05) is 37.4 Å². The Bertz CT molecular complexity index is 787. The summed E-state index contributed by atoms with van der Waals surface area (Å²) in [6.45, 7) is -0.216. The van der Waals surface area contributed by atoms with Crippen LogP contribution in [0, 0.1) is 11.8 Å². The van der Waals surface area contributed by atoms with Crippen molar-refractivity contribution in [3.63, 3.8) is 0 Å². The number of aromatic nitrogens is 3. The first-order chi connectivity index (χ1) is 10.0. The van der Waals surface area contributed by atoms with Crippen molar-refractivity contribution in [3.05, 3.63) is 42.2 Å². The summed E-state index contributed by atoms with van der Waals surface area (Å²) >= 11 is 0. The van der Waals surface area contributed by atoms with Crippen molar-refractivity contribution >= 4 is 10.0 Å². The van der Waals surface area contributed by atoms with E-state index in [1.807, 2.05) is 0 Å². The maximum Gasteiger partial charge on any atom is 0.242 e. The van der Waals surface area contributed by atoms with Crippen LogP contribution in [0.5, 0.6) is 0 Å². The Morgan fingerprint density at radius 2 is 2.24 bits per heavy atom. The van der Waals surface area contributed by atoms with Gasteiger partial charge in [0.1, 0.15) is 17.3 Å². The van der Waals surface area contributed by atoms with Gasteiger partial charge in [0.25, 0.3) is 0 Å². The van der Waals surface area contributed by atoms with E-state index in [1.54, 1.807) is 24.0 Å². The van der Waals surface area contributed by atoms with Crippen LogP contribution in [0.25, 0.3) is 0 Å². The first-order valence-electron chi connectivity index (χ1n) is 6.03. The van der Waals surface area contributed by atoms with Gasteiger partial charge in [0.2, 0.25) is 10.0 Å². The van der Waals surface area contributed by atoms with Gasteiger partial charge >= 0.3 is 0 Å². The highest BCUT2D eigenvalue weighted by atomic mass is 32.2. The monoisotopic (exact) mass is 306 g/mol. The quantitative estimate of drug-likeness (QED) is 0.752. The second-order valence-corrected chi connectivity index (χ2v) is 5.92. The van der Waals surface area contributed by atoms with Gasteiger partial charge in [-0.2, -0.15) is 0 Å². The molecule has 2 N–H and O–H groups in total. The Balaban J connectivity index is 2.17. The average Bonchev–Trinajstić information content (AvgIpc) is 2.89. The van der Waals surface area contributed by atoms with E-state index >= 15 is 0 Å². The molecule has 0 unspecified atom stereocenters. The molecule has 2 rings (SSSR count). The minimum atomic E-state index is -3.70. The van der Waals surface area contributed by atoms with Crippen molar-refractivity contribution in [1.82, 2.24) is 19.3 Å². The summed E-state index contributed by atoms with van der Waals surface area (Å²) in [4.78, 5) is 7.90. The fourth-order valence-corrected chi connectivity index (χ4v) is 2.55. The van der Waals surface area contributed by atoms with E-state index in [-0.39, 0.29) is 18.0 Å². The van der Waals surface area contributed by atoms with Crippen molar-refractivity contribution < 1.29 is 13.5 Å². The van der Waals surface area contributed by atoms with Crippen LogP contribution in [-0.4, -0.2) is 34.7 Å². The molecule has 110 valence electrons. The van der Waals surface area contributed by atoms with Crippen LogP contribution in [0.2, 0.25) is 0 Å². The summed E-state index contributed by atoms with van der Waals surface area (Å²) in [5.41, 5.74) is 0.420. The molecule has 0 aromatic carbocycles. The number of aryl methyl sites for hydroxylation is 1. The molecule has 8 heteroatoms. The molecule has 0 saturated carbocycles. The van der Waals surface area contributed by atoms with Crippen molar-refractivity contribution in [2.45, 2.75) is 11.4 Å². The Morgan fingerprint density at radius 3 is 2.90 bits per heavy atom. The molecule has 2 aromatic heterocycles. The maximum atomic E-state index is 12.2. The fourth-order valence-electron chi connectivity index (χ4n) is 1.59. The molecule has 0 aliphatic heterocycles. The smallest absolute Gasteiger partial charge is 0.242 e. The zero-order valence-electron chi connectivity index (χ0n) is 11.3. The highest BCUT2D eigenvalue weighted by Crippen LogP contribution is 2.09. The van der Waals surface area contributed by atoms with Crippen LogP contribution >= 0.6 is 0 Å². The van der Waals surface area contributed by atoms with Crippen LogP contribution in [0.15, 0.2) is 35.7 Å². The minimum absolute atomic E-state index is 0.0152. The van der Waals surface area contributed by atoms with Gasteiger partial charge < -0.3 is 9.67 Å². The predicted molar refractivity (Wildman–Crippen MR) is 75.4 cm³/mol. The molecule has 0 atom stereocenters. The number of nitrogens with zero attached hydrogens (tertiary/aromatic N) is 3. The van der Waals surface area contributed by atoms with Gasteiger partial charge in [-0.05, 0) is 6.07 Å². The van der Waals surface area contributed by atoms with Gasteiger partial charge in [0.15, 0.2) is 0 Å². The fraction of sp³-hybridized carbons (Fsp3) is 0.231. The lowest BCUT2D eigenvalue weighted by Crippen LogP contribution is -2.25. The number of hydrogen-bond donors (Lipinski definition) is 2. The number of nitrogens with one attached hydrogen (secondary N) is 1. The average molecular weight is 306 g/mol. The molecule has 2 heterocycles. The summed E-state index contributed by atoms with van der Waals surface area (Å²) in [5, 5.41) is 8.64. The number of aliphatic hydroxyl groups excluding tert-OH is 1. The van der Waals surface area contributed by atoms with E-state index < -0.39 is 10.0 Å². The summed E-state index contributed by atoms with van der Waals surface area (Å²) in [7, 11) is -1.92. The molecule has 0 bridgehead atoms. The van der Waals surface area contributed by atoms with Gasteiger partial charge in [-0.1, -0.05) is 11.8 Å². The molecule has 0 aliphatic carbocycles. The molecule has 0 amide bonds. The third-order valence-electron chi connectivity index (χ3n) is 2.68. The topological polar surface area (TPSA) is 97.1 Å². The standard InChI is InChI=1S/C13H14N4O3S/c1-17-5-4-15-13(17)10-16-21(19,20)12-7-11(3-2-6-18)8-14-9-12/h4-5,7-9,16,18H,6,10H2,1H3. The summed E-state index contributed by atoms with van der Waals surface area (Å²) < 4.78 is 28.5. The molecule has 0 aliphatic rings. The molecular weight excluding hydrogens is 292 g/mol. The first-order valence-corrected chi connectivity index (χ1v) is 7.52. The number of hydrogen-bond acceptors (Lipinski definition) is 5. The zero-order chi connectivity index (χ0) is 15.3. The largest absolute Gasteiger partial charge is 0.384 e. The third-order valence-corrected chi connectivity index (χ3v) is 4.04. The van der Waals surface area contributed by atoms with E-state index in [9.17, 15) is 8.42 Å². The van der Waals surface area contributed by atoms with Crippen molar-refractivity contribution in [1.29, 1.82) is 0 Å². The molecule has 0 radical (unpaired) electrons. The number of imidazole rings is 1. The molecular formula is C13H14N4O3S. The van der Waals surface area contributed by atoms with Crippen LogP contribution in [-0.2, 0) is 23.6 Å². The summed E-state index contributed by atoms with van der Waals surface area (Å²) in [5.74, 6) is 5.66. The van der Waals surface area contributed by atoms with Gasteiger partial charge in [-0.3, -0.25) is 4.98 Å². The SMILES string of the molecule is Cn1ccnc1CNS(=O)(=O)c1cncc(C#CCO)c1. The lowest BCUT2D eigenvalue weighted by molar-refractivity contribution is 0.350. The molecule has 21 heavy (non-hydrogen) atoms. The Morgan fingerprint density at radius 1 is 1.43 bits per heavy atom. The lowest BCUT2D eigenvalue weighted by Gasteiger charge is -2.06. The molecule has 0 spiro atoms. The van der Waals surface area contributed by atoms with Crippen molar-refractivity contribution in [2.24, 2.45) is 7.05 Å². The predicted octanol–water partition coefficient (Wildman–Crippen LogP) is -0.363. The summed E-state index contributed by atoms with van der Waals surface area (Å²) in [6.07, 6.45) is 6.00. The van der Waals surface area contributed by atoms with Gasteiger partial charge in [-0.15, -0.1) is 0 Å². The lowest BCUT2D eigenvalue weighted by atomic mass is 10.3. The zero-order valence-corrected chi connectivity index (χ0v) is 12.1. The van der Waals surface area contributed by atoms with E-state index in [0.717, 1.165) is 0 Å². The van der Waals surface area contributed by atoms with Crippen molar-refractivity contribution in [2.75, 3.05) is 6.61 Å². The normalized spacial score (nSPS) is 11.0. The van der Waals surface area contributed by atoms with E-state index in [0.29, 0.717) is 11.4 Å². The molecule has 7 nitrogen and oxygen atoms in total. The van der Waals surface area contributed by atoms with E-state index in [2.05, 4.69) is 26.5 Å². The number of sulfonamides is 1. The van der Waals surface area contributed by atoms with E-state index in [1.165, 1.54) is 18.5 Å². The molecule has 0 saturated heterocycles. The number of aliphatic hydroxyl groups is 1. The van der Waals surface area contributed by atoms with Gasteiger partial charge in [-0.25, -0.2) is 18.1 Å². The third kappa shape index (κ3) is 3.88. The Labute approximate surface area is 122 Å². The molecule has 0 fully saturated rings. The summed E-state index contributed by atoms with van der Waals surface area (Å²) in [6, 6.07) is 1.40. The Hall–Kier alpha value is -2.21. The van der Waals surface area contributed by atoms with Crippen LogP contribution in [0.3, 0.4) is 0 Å².